The van der Waals surface area contributed by atoms with E-state index in [4.69, 9.17) is 18.9 Å². The van der Waals surface area contributed by atoms with Gasteiger partial charge in [0.15, 0.2) is 12.3 Å². The smallest absolute Gasteiger partial charge is 0.327 e. The van der Waals surface area contributed by atoms with Crippen LogP contribution in [0.15, 0.2) is 30.3 Å². The summed E-state index contributed by atoms with van der Waals surface area (Å²) in [5.41, 5.74) is 1.04. The molecule has 0 N–H and O–H groups in total. The number of urea groups is 2. The molecule has 0 aromatic heterocycles. The number of benzene rings is 1. The first kappa shape index (κ1) is 22.3. The van der Waals surface area contributed by atoms with Gasteiger partial charge < -0.3 is 18.9 Å². The largest absolute Gasteiger partial charge is 0.364 e. The lowest BCUT2D eigenvalue weighted by molar-refractivity contribution is -0.0481. The number of hydrogen-bond donors (Lipinski definition) is 0. The maximum Gasteiger partial charge on any atom is 0.327 e. The van der Waals surface area contributed by atoms with Gasteiger partial charge in [-0.3, -0.25) is 19.6 Å². The molecule has 0 saturated carbocycles. The second-order valence-corrected chi connectivity index (χ2v) is 7.13. The Hall–Kier alpha value is -2.40. The summed E-state index contributed by atoms with van der Waals surface area (Å²) in [4.78, 5) is 32.2. The predicted molar refractivity (Wildman–Crippen MR) is 107 cm³/mol. The van der Waals surface area contributed by atoms with Crippen molar-refractivity contribution >= 4 is 12.1 Å². The first-order valence-corrected chi connectivity index (χ1v) is 9.86. The molecule has 4 amide bonds. The average molecular weight is 422 g/mol. The van der Waals surface area contributed by atoms with E-state index >= 15 is 0 Å². The van der Waals surface area contributed by atoms with Crippen molar-refractivity contribution in [2.45, 2.75) is 31.8 Å². The van der Waals surface area contributed by atoms with E-state index in [1.165, 1.54) is 36.0 Å². The summed E-state index contributed by atoms with van der Waals surface area (Å²) in [7, 11) is 4.52. The second kappa shape index (κ2) is 10.1. The first-order valence-electron chi connectivity index (χ1n) is 9.86. The molecule has 3 atom stereocenters. The van der Waals surface area contributed by atoms with Gasteiger partial charge in [-0.1, -0.05) is 37.3 Å². The van der Waals surface area contributed by atoms with E-state index in [9.17, 15) is 9.59 Å². The van der Waals surface area contributed by atoms with Crippen molar-refractivity contribution in [3.05, 3.63) is 35.9 Å². The molecule has 2 aliphatic heterocycles. The first-order chi connectivity index (χ1) is 14.6. The highest BCUT2D eigenvalue weighted by molar-refractivity contribution is 5.85. The van der Waals surface area contributed by atoms with Crippen molar-refractivity contribution in [1.82, 2.24) is 19.6 Å². The number of carbonyl (C=O) groups is 2. The minimum absolute atomic E-state index is 0.0297. The van der Waals surface area contributed by atoms with E-state index in [-0.39, 0.29) is 45.1 Å². The molecule has 2 fully saturated rings. The molecular weight excluding hydrogens is 392 g/mol. The summed E-state index contributed by atoms with van der Waals surface area (Å²) in [5, 5.41) is 0. The van der Waals surface area contributed by atoms with Gasteiger partial charge in [0.2, 0.25) is 0 Å². The molecule has 1 aromatic carbocycles. The lowest BCUT2D eigenvalue weighted by Crippen LogP contribution is -2.48. The number of nitrogens with zero attached hydrogens (tertiary/aromatic N) is 4. The van der Waals surface area contributed by atoms with Crippen molar-refractivity contribution in [3.8, 4) is 0 Å². The molecule has 0 radical (unpaired) electrons. The van der Waals surface area contributed by atoms with Crippen LogP contribution in [0.1, 0.15) is 25.0 Å². The highest BCUT2D eigenvalue weighted by atomic mass is 16.5. The minimum atomic E-state index is -0.580. The summed E-state index contributed by atoms with van der Waals surface area (Å²) in [6, 6.07) is 9.30. The van der Waals surface area contributed by atoms with Crippen LogP contribution in [0.3, 0.4) is 0 Å². The number of ether oxygens (including phenoxy) is 4. The van der Waals surface area contributed by atoms with Crippen molar-refractivity contribution in [2.75, 3.05) is 48.3 Å². The number of methoxy groups -OCH3 is 3. The van der Waals surface area contributed by atoms with Crippen LogP contribution in [-0.4, -0.2) is 92.2 Å². The number of fused-ring (bicyclic) bond motifs is 1. The van der Waals surface area contributed by atoms with Crippen LogP contribution in [0, 0.1) is 0 Å². The van der Waals surface area contributed by atoms with E-state index in [0.29, 0.717) is 0 Å². The SMILES string of the molecule is CCC(OCN1C(=O)N(COC)C2C1N(COC)C(=O)N2COC)c1ccccc1. The predicted octanol–water partition coefficient (Wildman–Crippen LogP) is 2.05. The van der Waals surface area contributed by atoms with Crippen molar-refractivity contribution < 1.29 is 28.5 Å². The Labute approximate surface area is 176 Å². The summed E-state index contributed by atoms with van der Waals surface area (Å²) in [6.45, 7) is 2.19. The van der Waals surface area contributed by atoms with E-state index in [1.54, 1.807) is 4.90 Å². The van der Waals surface area contributed by atoms with E-state index < -0.39 is 12.3 Å². The molecule has 10 heteroatoms. The highest BCUT2D eigenvalue weighted by Crippen LogP contribution is 2.35. The number of amides is 4. The minimum Gasteiger partial charge on any atom is -0.364 e. The van der Waals surface area contributed by atoms with Gasteiger partial charge in [0, 0.05) is 21.3 Å². The Morgan fingerprint density at radius 3 is 1.60 bits per heavy atom. The van der Waals surface area contributed by atoms with Crippen LogP contribution < -0.4 is 0 Å². The lowest BCUT2D eigenvalue weighted by Gasteiger charge is -2.30. The van der Waals surface area contributed by atoms with E-state index in [1.807, 2.05) is 37.3 Å². The zero-order chi connectivity index (χ0) is 21.7. The fourth-order valence-corrected chi connectivity index (χ4v) is 3.99. The molecule has 1 aromatic rings. The molecular formula is C20H30N4O6. The highest BCUT2D eigenvalue weighted by Gasteiger charge is 2.59. The zero-order valence-electron chi connectivity index (χ0n) is 17.9. The second-order valence-electron chi connectivity index (χ2n) is 7.13. The maximum absolute atomic E-state index is 13.2. The molecule has 3 rings (SSSR count). The normalized spacial score (nSPS) is 22.3. The van der Waals surface area contributed by atoms with Crippen LogP contribution in [0.4, 0.5) is 9.59 Å². The molecule has 30 heavy (non-hydrogen) atoms. The van der Waals surface area contributed by atoms with Crippen LogP contribution >= 0.6 is 0 Å². The van der Waals surface area contributed by atoms with Gasteiger partial charge in [0.1, 0.15) is 26.9 Å². The molecule has 0 bridgehead atoms. The molecule has 0 aliphatic carbocycles. The van der Waals surface area contributed by atoms with E-state index in [2.05, 4.69) is 0 Å². The summed E-state index contributed by atoms with van der Waals surface area (Å²) < 4.78 is 21.8. The summed E-state index contributed by atoms with van der Waals surface area (Å²) >= 11 is 0. The fraction of sp³-hybridized carbons (Fsp3) is 0.600. The van der Waals surface area contributed by atoms with Gasteiger partial charge >= 0.3 is 12.1 Å². The number of carbonyl (C=O) groups excluding carboxylic acids is 2. The van der Waals surface area contributed by atoms with Crippen molar-refractivity contribution in [2.24, 2.45) is 0 Å². The Morgan fingerprint density at radius 1 is 0.767 bits per heavy atom. The van der Waals surface area contributed by atoms with Gasteiger partial charge in [-0.05, 0) is 12.0 Å². The van der Waals surface area contributed by atoms with Crippen LogP contribution in [0.2, 0.25) is 0 Å². The standard InChI is InChI=1S/C20H30N4O6/c1-5-16(15-9-7-6-8-10-15)30-14-24-18-17(22(12-28-3)20(24)26)21(11-27-2)19(25)23(18)13-29-4/h6-10,16-18H,5,11-14H2,1-4H3. The topological polar surface area (TPSA) is 84.0 Å². The van der Waals surface area contributed by atoms with Gasteiger partial charge in [0.05, 0.1) is 6.10 Å². The third-order valence-corrected chi connectivity index (χ3v) is 5.29. The van der Waals surface area contributed by atoms with E-state index in [0.717, 1.165) is 12.0 Å². The number of rotatable bonds is 11. The van der Waals surface area contributed by atoms with Crippen molar-refractivity contribution in [1.29, 1.82) is 0 Å². The number of hydrogen-bond acceptors (Lipinski definition) is 6. The Morgan fingerprint density at radius 2 is 1.20 bits per heavy atom. The fourth-order valence-electron chi connectivity index (χ4n) is 3.99. The molecule has 3 unspecified atom stereocenters. The Kier molecular flexibility index (Phi) is 7.48. The zero-order valence-corrected chi connectivity index (χ0v) is 17.9. The van der Waals surface area contributed by atoms with Gasteiger partial charge in [-0.2, -0.15) is 0 Å². The third-order valence-electron chi connectivity index (χ3n) is 5.29. The molecule has 2 aliphatic rings. The molecule has 166 valence electrons. The van der Waals surface area contributed by atoms with Gasteiger partial charge in [-0.25, -0.2) is 9.59 Å². The maximum atomic E-state index is 13.2. The lowest BCUT2D eigenvalue weighted by atomic mass is 10.1. The molecule has 2 saturated heterocycles. The van der Waals surface area contributed by atoms with Crippen LogP contribution in [0.5, 0.6) is 0 Å². The average Bonchev–Trinajstić information content (AvgIpc) is 3.17. The molecule has 10 nitrogen and oxygen atoms in total. The van der Waals surface area contributed by atoms with Gasteiger partial charge in [0.25, 0.3) is 0 Å². The monoisotopic (exact) mass is 422 g/mol. The summed E-state index contributed by atoms with van der Waals surface area (Å²) in [5.74, 6) is 0. The van der Waals surface area contributed by atoms with Crippen LogP contribution in [0.25, 0.3) is 0 Å². The van der Waals surface area contributed by atoms with Crippen LogP contribution in [-0.2, 0) is 18.9 Å². The van der Waals surface area contributed by atoms with Gasteiger partial charge in [-0.15, -0.1) is 0 Å². The Balaban J connectivity index is 1.85. The van der Waals surface area contributed by atoms with Crippen molar-refractivity contribution in [3.63, 3.8) is 0 Å². The Bertz CT molecular complexity index is 717. The summed E-state index contributed by atoms with van der Waals surface area (Å²) in [6.07, 6.45) is -0.570. The molecule has 0 spiro atoms. The quantitative estimate of drug-likeness (QED) is 0.543. The molecule has 2 heterocycles. The third kappa shape index (κ3) is 4.08.